The van der Waals surface area contributed by atoms with E-state index in [0.717, 1.165) is 38.6 Å². The first-order chi connectivity index (χ1) is 24.5. The molecule has 0 bridgehead atoms. The van der Waals surface area contributed by atoms with Crippen LogP contribution in [0.5, 0.6) is 0 Å². The zero-order valence-electron chi connectivity index (χ0n) is 30.3. The van der Waals surface area contributed by atoms with E-state index in [1.165, 1.54) is 17.7 Å². The van der Waals surface area contributed by atoms with Crippen molar-refractivity contribution in [3.63, 3.8) is 0 Å². The fourth-order valence-corrected chi connectivity index (χ4v) is 7.30. The van der Waals surface area contributed by atoms with Crippen LogP contribution in [-0.2, 0) is 27.5 Å². The van der Waals surface area contributed by atoms with Gasteiger partial charge in [0.25, 0.3) is 5.91 Å². The summed E-state index contributed by atoms with van der Waals surface area (Å²) in [5, 5.41) is 12.8. The first kappa shape index (κ1) is 37.7. The molecule has 12 heteroatoms. The van der Waals surface area contributed by atoms with Crippen LogP contribution in [0.25, 0.3) is 0 Å². The number of halogens is 1. The molecule has 2 aliphatic rings. The quantitative estimate of drug-likeness (QED) is 0.228. The summed E-state index contributed by atoms with van der Waals surface area (Å²) in [6.07, 6.45) is 6.22. The molecule has 1 saturated carbocycles. The van der Waals surface area contributed by atoms with Crippen LogP contribution in [0.3, 0.4) is 0 Å². The molecular formula is C39H52FN7O4. The van der Waals surface area contributed by atoms with E-state index in [2.05, 4.69) is 38.1 Å². The summed E-state index contributed by atoms with van der Waals surface area (Å²) in [6, 6.07) is 15.4. The van der Waals surface area contributed by atoms with Gasteiger partial charge in [-0.1, -0.05) is 69.5 Å². The van der Waals surface area contributed by atoms with Crippen molar-refractivity contribution in [2.45, 2.75) is 96.8 Å². The zero-order valence-corrected chi connectivity index (χ0v) is 30.3. The number of aromatic nitrogens is 2. The van der Waals surface area contributed by atoms with Crippen LogP contribution in [0.4, 0.5) is 10.1 Å². The number of nitrogens with zero attached hydrogens (tertiary/aromatic N) is 4. The van der Waals surface area contributed by atoms with Gasteiger partial charge in [-0.3, -0.25) is 28.8 Å². The maximum absolute atomic E-state index is 15.9. The summed E-state index contributed by atoms with van der Waals surface area (Å²) in [5.74, 6) is -2.74. The van der Waals surface area contributed by atoms with Crippen molar-refractivity contribution in [2.24, 2.45) is 5.92 Å². The van der Waals surface area contributed by atoms with Crippen LogP contribution in [0.2, 0.25) is 0 Å². The van der Waals surface area contributed by atoms with Crippen LogP contribution in [-0.4, -0.2) is 81.0 Å². The number of carbonyl (C=O) groups is 4. The monoisotopic (exact) mass is 701 g/mol. The van der Waals surface area contributed by atoms with Crippen LogP contribution in [0.15, 0.2) is 60.8 Å². The van der Waals surface area contributed by atoms with E-state index in [1.807, 2.05) is 25.1 Å². The lowest BCUT2D eigenvalue weighted by atomic mass is 9.75. The lowest BCUT2D eigenvalue weighted by molar-refractivity contribution is -0.138. The van der Waals surface area contributed by atoms with Crippen molar-refractivity contribution in [3.8, 4) is 0 Å². The van der Waals surface area contributed by atoms with E-state index in [-0.39, 0.29) is 29.8 Å². The van der Waals surface area contributed by atoms with Gasteiger partial charge in [0, 0.05) is 57.8 Å². The molecule has 5 rings (SSSR count). The number of hydrogen-bond donors (Lipinski definition) is 3. The normalized spacial score (nSPS) is 17.9. The summed E-state index contributed by atoms with van der Waals surface area (Å²) in [6.45, 7) is 10.9. The molecule has 51 heavy (non-hydrogen) atoms. The van der Waals surface area contributed by atoms with Gasteiger partial charge in [0.05, 0.1) is 5.69 Å². The molecule has 0 spiro atoms. The average molecular weight is 702 g/mol. The third-order valence-electron chi connectivity index (χ3n) is 10.6. The number of benzene rings is 2. The highest BCUT2D eigenvalue weighted by molar-refractivity contribution is 6.03. The van der Waals surface area contributed by atoms with Gasteiger partial charge in [0.2, 0.25) is 17.7 Å². The minimum Gasteiger partial charge on any atom is -0.344 e. The summed E-state index contributed by atoms with van der Waals surface area (Å²) < 4.78 is 17.4. The Morgan fingerprint density at radius 2 is 1.67 bits per heavy atom. The largest absolute Gasteiger partial charge is 0.344 e. The molecule has 2 heterocycles. The minimum absolute atomic E-state index is 0.0270. The van der Waals surface area contributed by atoms with Crippen molar-refractivity contribution in [1.82, 2.24) is 30.2 Å². The van der Waals surface area contributed by atoms with Crippen molar-refractivity contribution in [2.75, 3.05) is 31.5 Å². The number of nitrogens with one attached hydrogen (secondary N) is 3. The van der Waals surface area contributed by atoms with Crippen molar-refractivity contribution in [3.05, 3.63) is 83.4 Å². The molecule has 0 radical (unpaired) electrons. The van der Waals surface area contributed by atoms with Gasteiger partial charge in [-0.05, 0) is 61.9 Å². The second kappa shape index (κ2) is 17.1. The minimum atomic E-state index is -1.30. The fourth-order valence-electron chi connectivity index (χ4n) is 7.30. The van der Waals surface area contributed by atoms with Crippen molar-refractivity contribution >= 4 is 29.3 Å². The molecule has 3 aromatic rings. The highest BCUT2D eigenvalue weighted by Crippen LogP contribution is 2.35. The van der Waals surface area contributed by atoms with Gasteiger partial charge >= 0.3 is 0 Å². The molecule has 2 aromatic carbocycles. The van der Waals surface area contributed by atoms with Crippen molar-refractivity contribution < 1.29 is 23.6 Å². The predicted molar refractivity (Wildman–Crippen MR) is 194 cm³/mol. The maximum atomic E-state index is 15.9. The molecule has 1 aromatic heterocycles. The summed E-state index contributed by atoms with van der Waals surface area (Å²) in [5.41, 5.74) is 0.751. The van der Waals surface area contributed by atoms with Gasteiger partial charge in [0.15, 0.2) is 0 Å². The lowest BCUT2D eigenvalue weighted by Gasteiger charge is -2.39. The van der Waals surface area contributed by atoms with Gasteiger partial charge in [-0.15, -0.1) is 0 Å². The SMILES string of the molecule is CCC(=O)N[C@@H](C(=O)N1CCN(Cc2ccccc2)CC1)[C@@H](C)c1ccc(NC(=O)[C@](C)(NC(=O)c2ccnn2CC)C2CCCCC2)c(F)c1. The van der Waals surface area contributed by atoms with E-state index in [1.54, 1.807) is 48.7 Å². The standard InChI is InChI=1S/C39H52FN7O4/c1-5-34(48)43-35(37(50)46-23-21-45(22-24-46)26-28-13-9-7-10-14-28)27(3)29-17-18-32(31(40)25-29)42-38(51)39(4,30-15-11-8-12-16-30)44-36(49)33-19-20-41-47(33)6-2/h7,9-10,13-14,17-20,25,27,30,35H,5-6,8,11-12,15-16,21-24,26H2,1-4H3,(H,42,51)(H,43,48)(H,44,49)/t27-,35+,39+/m0/s1. The summed E-state index contributed by atoms with van der Waals surface area (Å²) >= 11 is 0. The molecule has 0 unspecified atom stereocenters. The van der Waals surface area contributed by atoms with Crippen LogP contribution >= 0.6 is 0 Å². The predicted octanol–water partition coefficient (Wildman–Crippen LogP) is 5.09. The third-order valence-corrected chi connectivity index (χ3v) is 10.6. The Bertz CT molecular complexity index is 1670. The van der Waals surface area contributed by atoms with Crippen molar-refractivity contribution in [1.29, 1.82) is 0 Å². The van der Waals surface area contributed by atoms with Gasteiger partial charge in [-0.25, -0.2) is 4.39 Å². The van der Waals surface area contributed by atoms with Gasteiger partial charge in [-0.2, -0.15) is 5.10 Å². The number of aryl methyl sites for hydroxylation is 1. The Labute approximate surface area is 300 Å². The smallest absolute Gasteiger partial charge is 0.270 e. The molecule has 2 fully saturated rings. The van der Waals surface area contributed by atoms with Gasteiger partial charge < -0.3 is 20.9 Å². The number of hydrogen-bond acceptors (Lipinski definition) is 6. The Hall–Kier alpha value is -4.58. The van der Waals surface area contributed by atoms with Gasteiger partial charge in [0.1, 0.15) is 23.1 Å². The first-order valence-corrected chi connectivity index (χ1v) is 18.3. The number of piperazine rings is 1. The fraction of sp³-hybridized carbons (Fsp3) is 0.513. The second-order valence-electron chi connectivity index (χ2n) is 14.0. The Morgan fingerprint density at radius 1 is 0.961 bits per heavy atom. The van der Waals surface area contributed by atoms with Crippen LogP contribution < -0.4 is 16.0 Å². The highest BCUT2D eigenvalue weighted by atomic mass is 19.1. The molecule has 3 N–H and O–H groups in total. The summed E-state index contributed by atoms with van der Waals surface area (Å²) in [7, 11) is 0. The molecule has 1 aliphatic carbocycles. The van der Waals surface area contributed by atoms with E-state index < -0.39 is 35.1 Å². The molecule has 3 atom stereocenters. The zero-order chi connectivity index (χ0) is 36.5. The topological polar surface area (TPSA) is 129 Å². The maximum Gasteiger partial charge on any atom is 0.270 e. The van der Waals surface area contributed by atoms with E-state index in [9.17, 15) is 19.2 Å². The van der Waals surface area contributed by atoms with Crippen LogP contribution in [0, 0.1) is 11.7 Å². The Morgan fingerprint density at radius 3 is 2.31 bits per heavy atom. The summed E-state index contributed by atoms with van der Waals surface area (Å²) in [4.78, 5) is 58.0. The highest BCUT2D eigenvalue weighted by Gasteiger charge is 2.44. The Kier molecular flexibility index (Phi) is 12.6. The Balaban J connectivity index is 1.29. The number of amides is 4. The average Bonchev–Trinajstić information content (AvgIpc) is 3.64. The molecule has 274 valence electrons. The molecule has 1 aliphatic heterocycles. The lowest BCUT2D eigenvalue weighted by Crippen LogP contribution is -2.60. The van der Waals surface area contributed by atoms with E-state index >= 15 is 4.39 Å². The third kappa shape index (κ3) is 9.02. The number of rotatable bonds is 13. The van der Waals surface area contributed by atoms with E-state index in [4.69, 9.17) is 0 Å². The van der Waals surface area contributed by atoms with Crippen LogP contribution in [0.1, 0.15) is 93.8 Å². The van der Waals surface area contributed by atoms with E-state index in [0.29, 0.717) is 44.0 Å². The molecule has 4 amide bonds. The molecule has 11 nitrogen and oxygen atoms in total. The number of carbonyl (C=O) groups excluding carboxylic acids is 4. The second-order valence-corrected chi connectivity index (χ2v) is 14.0. The molecular weight excluding hydrogens is 649 g/mol. The number of anilines is 1. The first-order valence-electron chi connectivity index (χ1n) is 18.3. The molecule has 1 saturated heterocycles.